The third-order valence-electron chi connectivity index (χ3n) is 2.52. The molecule has 1 aromatic carbocycles. The number of hydrogen-bond acceptors (Lipinski definition) is 5. The number of para-hydroxylation sites is 1. The molecular formula is C13H12N2O2S2. The van der Waals surface area contributed by atoms with E-state index in [4.69, 9.17) is 5.26 Å². The van der Waals surface area contributed by atoms with Gasteiger partial charge in [0.1, 0.15) is 6.07 Å². The molecule has 19 heavy (non-hydrogen) atoms. The molecule has 0 unspecified atom stereocenters. The fourth-order valence-electron chi connectivity index (χ4n) is 1.65. The molecule has 98 valence electrons. The zero-order valence-electron chi connectivity index (χ0n) is 10.3. The Balaban J connectivity index is 2.19. The molecule has 0 spiro atoms. The molecule has 4 nitrogen and oxygen atoms in total. The Hall–Kier alpha value is -1.84. The van der Waals surface area contributed by atoms with E-state index in [0.29, 0.717) is 17.8 Å². The number of nitrogens with zero attached hydrogens (tertiary/aromatic N) is 1. The van der Waals surface area contributed by atoms with Gasteiger partial charge < -0.3 is 5.32 Å². The van der Waals surface area contributed by atoms with E-state index in [2.05, 4.69) is 11.4 Å². The highest BCUT2D eigenvalue weighted by atomic mass is 32.2. The molecule has 0 fully saturated rings. The van der Waals surface area contributed by atoms with Gasteiger partial charge in [0.25, 0.3) is 0 Å². The molecule has 2 aromatic rings. The lowest BCUT2D eigenvalue weighted by molar-refractivity contribution is 0.602. The highest BCUT2D eigenvalue weighted by Gasteiger charge is 2.12. The van der Waals surface area contributed by atoms with Crippen molar-refractivity contribution in [3.63, 3.8) is 0 Å². The van der Waals surface area contributed by atoms with E-state index >= 15 is 0 Å². The van der Waals surface area contributed by atoms with Crippen molar-refractivity contribution in [3.05, 3.63) is 46.2 Å². The second-order valence-corrected chi connectivity index (χ2v) is 7.02. The van der Waals surface area contributed by atoms with Crippen molar-refractivity contribution in [2.24, 2.45) is 0 Å². The number of nitriles is 1. The lowest BCUT2D eigenvalue weighted by Gasteiger charge is -2.09. The monoisotopic (exact) mass is 292 g/mol. The minimum Gasteiger partial charge on any atom is -0.379 e. The summed E-state index contributed by atoms with van der Waals surface area (Å²) in [6.07, 6.45) is 1.19. The lowest BCUT2D eigenvalue weighted by Crippen LogP contribution is -2.05. The quantitative estimate of drug-likeness (QED) is 0.940. The summed E-state index contributed by atoms with van der Waals surface area (Å²) < 4.78 is 23.3. The van der Waals surface area contributed by atoms with Crippen molar-refractivity contribution in [2.75, 3.05) is 11.6 Å². The summed E-state index contributed by atoms with van der Waals surface area (Å²) in [7, 11) is -3.25. The highest BCUT2D eigenvalue weighted by molar-refractivity contribution is 7.90. The fourth-order valence-corrected chi connectivity index (χ4v) is 3.27. The zero-order chi connectivity index (χ0) is 13.9. The summed E-state index contributed by atoms with van der Waals surface area (Å²) in [6.45, 7) is 0.499. The van der Waals surface area contributed by atoms with Crippen LogP contribution in [0, 0.1) is 11.3 Å². The Kier molecular flexibility index (Phi) is 3.88. The van der Waals surface area contributed by atoms with Crippen LogP contribution < -0.4 is 5.32 Å². The predicted molar refractivity (Wildman–Crippen MR) is 75.9 cm³/mol. The van der Waals surface area contributed by atoms with Crippen molar-refractivity contribution in [1.82, 2.24) is 0 Å². The Bertz CT molecular complexity index is 727. The van der Waals surface area contributed by atoms with Gasteiger partial charge in [-0.3, -0.25) is 0 Å². The maximum Gasteiger partial charge on any atom is 0.177 e. The van der Waals surface area contributed by atoms with Crippen molar-refractivity contribution < 1.29 is 8.42 Å². The van der Waals surface area contributed by atoms with E-state index in [0.717, 1.165) is 4.88 Å². The molecule has 0 radical (unpaired) electrons. The molecule has 0 saturated heterocycles. The van der Waals surface area contributed by atoms with Crippen molar-refractivity contribution in [2.45, 2.75) is 11.4 Å². The van der Waals surface area contributed by atoms with Crippen LogP contribution in [0.1, 0.15) is 10.4 Å². The van der Waals surface area contributed by atoms with Crippen molar-refractivity contribution >= 4 is 26.9 Å². The van der Waals surface area contributed by atoms with Crippen LogP contribution in [0.5, 0.6) is 0 Å². The third-order valence-corrected chi connectivity index (χ3v) is 4.61. The molecule has 0 bridgehead atoms. The Morgan fingerprint density at radius 2 is 2.11 bits per heavy atom. The Morgan fingerprint density at radius 1 is 1.37 bits per heavy atom. The molecule has 0 saturated carbocycles. The zero-order valence-corrected chi connectivity index (χ0v) is 11.9. The fraction of sp³-hybridized carbons (Fsp3) is 0.154. The van der Waals surface area contributed by atoms with E-state index in [-0.39, 0.29) is 4.90 Å². The van der Waals surface area contributed by atoms with E-state index in [1.165, 1.54) is 17.6 Å². The van der Waals surface area contributed by atoms with Gasteiger partial charge >= 0.3 is 0 Å². The van der Waals surface area contributed by atoms with E-state index < -0.39 is 9.84 Å². The van der Waals surface area contributed by atoms with E-state index in [1.807, 2.05) is 0 Å². The molecule has 0 amide bonds. The average Bonchev–Trinajstić information content (AvgIpc) is 2.83. The first-order valence-electron chi connectivity index (χ1n) is 5.51. The normalized spacial score (nSPS) is 10.9. The summed E-state index contributed by atoms with van der Waals surface area (Å²) >= 11 is 1.47. The predicted octanol–water partition coefficient (Wildman–Crippen LogP) is 2.64. The van der Waals surface area contributed by atoms with Crippen molar-refractivity contribution in [1.29, 1.82) is 5.26 Å². The smallest absolute Gasteiger partial charge is 0.177 e. The number of rotatable bonds is 4. The Morgan fingerprint density at radius 3 is 2.74 bits per heavy atom. The van der Waals surface area contributed by atoms with Crippen LogP contribution in [0.3, 0.4) is 0 Å². The van der Waals surface area contributed by atoms with Crippen molar-refractivity contribution in [3.8, 4) is 6.07 Å². The molecule has 0 atom stereocenters. The molecule has 6 heteroatoms. The van der Waals surface area contributed by atoms with Gasteiger partial charge in [0, 0.05) is 23.1 Å². The molecule has 1 aromatic heterocycles. The first kappa shape index (κ1) is 13.6. The second kappa shape index (κ2) is 5.43. The van der Waals surface area contributed by atoms with Gasteiger partial charge in [-0.25, -0.2) is 8.42 Å². The average molecular weight is 292 g/mol. The number of thiophene rings is 1. The van der Waals surface area contributed by atoms with Gasteiger partial charge in [0.2, 0.25) is 0 Å². The summed E-state index contributed by atoms with van der Waals surface area (Å²) in [5, 5.41) is 13.6. The highest BCUT2D eigenvalue weighted by Crippen LogP contribution is 2.22. The van der Waals surface area contributed by atoms with Gasteiger partial charge in [0.05, 0.1) is 16.1 Å². The van der Waals surface area contributed by atoms with Crippen LogP contribution in [0.2, 0.25) is 0 Å². The molecule has 1 N–H and O–H groups in total. The lowest BCUT2D eigenvalue weighted by atomic mass is 10.3. The van der Waals surface area contributed by atoms with Crippen LogP contribution >= 0.6 is 11.3 Å². The van der Waals surface area contributed by atoms with Crippen LogP contribution in [0.4, 0.5) is 5.69 Å². The summed E-state index contributed by atoms with van der Waals surface area (Å²) in [4.78, 5) is 1.27. The number of benzene rings is 1. The van der Waals surface area contributed by atoms with Crippen LogP contribution in [-0.4, -0.2) is 14.7 Å². The summed E-state index contributed by atoms with van der Waals surface area (Å²) in [5.41, 5.74) is 1.20. The molecule has 0 aliphatic carbocycles. The minimum absolute atomic E-state index is 0.284. The number of anilines is 1. The first-order chi connectivity index (χ1) is 9.00. The largest absolute Gasteiger partial charge is 0.379 e. The number of hydrogen-bond donors (Lipinski definition) is 1. The molecule has 0 aliphatic heterocycles. The maximum atomic E-state index is 11.6. The van der Waals surface area contributed by atoms with Gasteiger partial charge in [0.15, 0.2) is 9.84 Å². The minimum atomic E-state index is -3.25. The second-order valence-electron chi connectivity index (χ2n) is 4.04. The third kappa shape index (κ3) is 3.34. The Labute approximate surface area is 116 Å². The first-order valence-corrected chi connectivity index (χ1v) is 8.28. The topological polar surface area (TPSA) is 70.0 Å². The molecular weight excluding hydrogens is 280 g/mol. The molecule has 2 rings (SSSR count). The van der Waals surface area contributed by atoms with Crippen LogP contribution in [0.25, 0.3) is 0 Å². The number of sulfone groups is 1. The maximum absolute atomic E-state index is 11.6. The van der Waals surface area contributed by atoms with Gasteiger partial charge in [-0.1, -0.05) is 12.1 Å². The summed E-state index contributed by atoms with van der Waals surface area (Å²) in [6, 6.07) is 10.6. The standard InChI is InChI=1S/C13H12N2O2S2/c1-19(16,17)13-5-3-2-4-12(13)15-8-11-6-10(7-14)9-18-11/h2-6,9,15H,8H2,1H3. The van der Waals surface area contributed by atoms with Crippen LogP contribution in [0.15, 0.2) is 40.6 Å². The summed E-state index contributed by atoms with van der Waals surface area (Å²) in [5.74, 6) is 0. The van der Waals surface area contributed by atoms with Crippen LogP contribution in [-0.2, 0) is 16.4 Å². The molecule has 1 heterocycles. The van der Waals surface area contributed by atoms with E-state index in [9.17, 15) is 8.42 Å². The number of nitrogens with one attached hydrogen (secondary N) is 1. The van der Waals surface area contributed by atoms with Gasteiger partial charge in [-0.05, 0) is 18.2 Å². The van der Waals surface area contributed by atoms with Gasteiger partial charge in [-0.15, -0.1) is 11.3 Å². The van der Waals surface area contributed by atoms with Gasteiger partial charge in [-0.2, -0.15) is 5.26 Å². The SMILES string of the molecule is CS(=O)(=O)c1ccccc1NCc1cc(C#N)cs1. The molecule has 0 aliphatic rings. The van der Waals surface area contributed by atoms with E-state index in [1.54, 1.807) is 35.7 Å².